The summed E-state index contributed by atoms with van der Waals surface area (Å²) in [6.07, 6.45) is -1.11. The molecule has 72 heavy (non-hydrogen) atoms. The van der Waals surface area contributed by atoms with Gasteiger partial charge in [-0.05, 0) is 13.8 Å². The maximum atomic E-state index is 13.4. The van der Waals surface area contributed by atoms with Gasteiger partial charge in [-0.1, -0.05) is 27.7 Å². The van der Waals surface area contributed by atoms with Crippen molar-refractivity contribution in [3.05, 3.63) is 56.9 Å². The molecule has 0 aliphatic heterocycles. The minimum atomic E-state index is -5.87. The van der Waals surface area contributed by atoms with Crippen molar-refractivity contribution in [3.8, 4) is 45.5 Å². The van der Waals surface area contributed by atoms with Crippen molar-refractivity contribution in [2.75, 3.05) is 6.61 Å². The number of rotatable bonds is 15. The Morgan fingerprint density at radius 2 is 1.11 bits per heavy atom. The van der Waals surface area contributed by atoms with Crippen molar-refractivity contribution in [1.82, 2.24) is 49.0 Å². The quantitative estimate of drug-likeness (QED) is 0.0517. The van der Waals surface area contributed by atoms with Crippen molar-refractivity contribution in [2.24, 2.45) is 25.9 Å². The highest BCUT2D eigenvalue weighted by Crippen LogP contribution is 2.41. The number of carbonyl (C=O) groups is 2. The maximum absolute atomic E-state index is 13.4. The van der Waals surface area contributed by atoms with Crippen LogP contribution in [0, 0.1) is 25.7 Å². The predicted octanol–water partition coefficient (Wildman–Crippen LogP) is 6.24. The van der Waals surface area contributed by atoms with E-state index in [9.17, 15) is 75.9 Å². The van der Waals surface area contributed by atoms with Crippen LogP contribution < -0.4 is 30.1 Å². The van der Waals surface area contributed by atoms with E-state index >= 15 is 0 Å². The molecule has 6 aromatic heterocycles. The maximum Gasteiger partial charge on any atom is 0.523 e. The summed E-state index contributed by atoms with van der Waals surface area (Å²) in [6.45, 7) is -0.0350. The van der Waals surface area contributed by atoms with Gasteiger partial charge in [-0.2, -0.15) is 49.3 Å². The van der Waals surface area contributed by atoms with Gasteiger partial charge in [-0.15, -0.1) is 0 Å². The number of hydrogen-bond donors (Lipinski definition) is 1. The molecule has 394 valence electrons. The van der Waals surface area contributed by atoms with E-state index < -0.39 is 107 Å². The molecule has 0 saturated carbocycles. The number of carbonyl (C=O) groups excluding carboxylic acids is 2. The number of ether oxygens (including phenoxy) is 4. The predicted molar refractivity (Wildman–Crippen MR) is 225 cm³/mol. The molecule has 0 unspecified atom stereocenters. The zero-order valence-corrected chi connectivity index (χ0v) is 39.1. The smallest absolute Gasteiger partial charge is 0.423 e. The summed E-state index contributed by atoms with van der Waals surface area (Å²) in [6, 6.07) is 0. The molecule has 21 nitrogen and oxygen atoms in total. The first-order chi connectivity index (χ1) is 33.4. The van der Waals surface area contributed by atoms with Gasteiger partial charge in [0.2, 0.25) is 11.8 Å². The number of alkyl halides is 11. The number of nitrogens with one attached hydrogen (secondary N) is 1. The first kappa shape index (κ1) is 57.3. The number of aromatic nitrogens is 10. The number of H-pyrrole nitrogens is 1. The summed E-state index contributed by atoms with van der Waals surface area (Å²) >= 11 is 0. The molecule has 1 N–H and O–H groups in total. The van der Waals surface area contributed by atoms with Crippen molar-refractivity contribution < 1.29 is 89.4 Å². The Kier molecular flexibility index (Phi) is 18.5. The number of hydrogen-bond acceptors (Lipinski definition) is 17. The van der Waals surface area contributed by atoms with E-state index in [-0.39, 0.29) is 62.0 Å². The zero-order chi connectivity index (χ0) is 54.3. The van der Waals surface area contributed by atoms with Crippen LogP contribution >= 0.6 is 0 Å². The number of aromatic amines is 1. The second-order valence-electron chi connectivity index (χ2n) is 14.9. The molecule has 0 atom stereocenters. The second kappa shape index (κ2) is 23.3. The number of aryl methyl sites for hydroxylation is 4. The lowest BCUT2D eigenvalue weighted by Crippen LogP contribution is -2.28. The van der Waals surface area contributed by atoms with E-state index in [0.717, 1.165) is 9.36 Å². The third kappa shape index (κ3) is 13.3. The van der Waals surface area contributed by atoms with Crippen molar-refractivity contribution >= 4 is 44.4 Å². The van der Waals surface area contributed by atoms with Crippen LogP contribution in [-0.2, 0) is 44.5 Å². The standard InChI is InChI=1S/C19H19F4N5O4.C17H17F2N5O4.C3H3F5O3S/c1-8(2)18(30)31-14-12(11-9(3)26-27(4)17(11)32-19(22)23)16(29)28(7-10(20)21)15-13(14)24-5-6-25-15;1-7(2)16(26)27-12-10(14(25)22-13-11(12)20-5-6-21-13)9-8(3)23-24(4)15(9)28-17(18)19;4-2(5)1-11-12(9,10)3(6,7)8/h5-6,8,10,19H,7H2,1-4H3;5-7,17H,1-4H3,(H,21,22,25);2H,1H2. The molecule has 0 amide bonds. The highest BCUT2D eigenvalue weighted by atomic mass is 32.2. The van der Waals surface area contributed by atoms with E-state index in [2.05, 4.69) is 48.8 Å². The van der Waals surface area contributed by atoms with Gasteiger partial charge in [-0.3, -0.25) is 27.9 Å². The van der Waals surface area contributed by atoms with Gasteiger partial charge >= 0.3 is 40.8 Å². The topological polar surface area (TPSA) is 256 Å². The molecule has 6 heterocycles. The lowest BCUT2D eigenvalue weighted by atomic mass is 10.1. The van der Waals surface area contributed by atoms with Crippen LogP contribution in [0.25, 0.3) is 44.6 Å². The number of esters is 2. The van der Waals surface area contributed by atoms with E-state index in [0.29, 0.717) is 4.57 Å². The summed E-state index contributed by atoms with van der Waals surface area (Å²) in [7, 11) is -3.18. The van der Waals surface area contributed by atoms with Crippen molar-refractivity contribution in [3.63, 3.8) is 0 Å². The Labute approximate surface area is 397 Å². The van der Waals surface area contributed by atoms with E-state index in [4.69, 9.17) is 9.47 Å². The van der Waals surface area contributed by atoms with Gasteiger partial charge in [0.15, 0.2) is 22.8 Å². The first-order valence-corrected chi connectivity index (χ1v) is 21.5. The van der Waals surface area contributed by atoms with Crippen LogP contribution in [0.3, 0.4) is 0 Å². The average molecular weight is 1060 g/mol. The number of nitrogens with zero attached hydrogens (tertiary/aromatic N) is 9. The fourth-order valence-corrected chi connectivity index (χ4v) is 6.43. The number of halogens is 11. The van der Waals surface area contributed by atoms with Gasteiger partial charge in [0.05, 0.1) is 52.0 Å². The molecule has 33 heteroatoms. The molecule has 0 aliphatic carbocycles. The Bertz CT molecular complexity index is 3160. The van der Waals surface area contributed by atoms with Crippen LogP contribution in [0.4, 0.5) is 48.3 Å². The molecular weight excluding hydrogens is 1030 g/mol. The Morgan fingerprint density at radius 1 is 0.667 bits per heavy atom. The SMILES string of the molecule is Cc1nn(C)c(OC(F)F)c1-c1c(OC(=O)C(C)C)c2nccnc2[nH]c1=O.Cc1nn(C)c(OC(F)F)c1-c1c(OC(=O)C(C)C)c2nccnc2n(CC(F)F)c1=O.O=S(=O)(OCC(F)F)C(F)(F)F. The minimum Gasteiger partial charge on any atom is -0.423 e. The monoisotopic (exact) mass is 1060 g/mol. The summed E-state index contributed by atoms with van der Waals surface area (Å²) in [5, 5.41) is 8.04. The fraction of sp³-hybridized carbons (Fsp3) is 0.436. The van der Waals surface area contributed by atoms with Gasteiger partial charge in [0.1, 0.15) is 17.6 Å². The highest BCUT2D eigenvalue weighted by Gasteiger charge is 2.47. The van der Waals surface area contributed by atoms with Gasteiger partial charge < -0.3 is 23.9 Å². The third-order valence-electron chi connectivity index (χ3n) is 8.98. The Hall–Kier alpha value is -7.32. The van der Waals surface area contributed by atoms with Crippen LogP contribution in [-0.4, -0.2) is 108 Å². The van der Waals surface area contributed by atoms with Crippen molar-refractivity contribution in [1.29, 1.82) is 0 Å². The Balaban J connectivity index is 0.000000257. The molecule has 6 aromatic rings. The molecule has 6 rings (SSSR count). The van der Waals surface area contributed by atoms with E-state index in [1.54, 1.807) is 13.8 Å². The van der Waals surface area contributed by atoms with Gasteiger partial charge in [0, 0.05) is 38.9 Å². The molecule has 0 aromatic carbocycles. The molecule has 0 radical (unpaired) electrons. The van der Waals surface area contributed by atoms with Crippen LogP contribution in [0.5, 0.6) is 23.3 Å². The second-order valence-corrected chi connectivity index (χ2v) is 16.5. The summed E-state index contributed by atoms with van der Waals surface area (Å²) < 4.78 is 180. The molecule has 0 spiro atoms. The fourth-order valence-electron chi connectivity index (χ4n) is 6.01. The van der Waals surface area contributed by atoms with E-state index in [1.165, 1.54) is 66.6 Å². The van der Waals surface area contributed by atoms with Gasteiger partial charge in [-0.25, -0.2) is 46.9 Å². The molecule has 0 saturated heterocycles. The van der Waals surface area contributed by atoms with Crippen LogP contribution in [0.1, 0.15) is 39.1 Å². The zero-order valence-electron chi connectivity index (χ0n) is 38.3. The summed E-state index contributed by atoms with van der Waals surface area (Å²) in [5.41, 5.74) is -8.30. The molecule has 0 aliphatic rings. The lowest BCUT2D eigenvalue weighted by molar-refractivity contribution is -0.138. The van der Waals surface area contributed by atoms with Crippen molar-refractivity contribution in [2.45, 2.75) is 79.7 Å². The largest absolute Gasteiger partial charge is 0.523 e. The highest BCUT2D eigenvalue weighted by molar-refractivity contribution is 7.87. The molecular formula is C39H39F11N10O11S. The lowest BCUT2D eigenvalue weighted by Gasteiger charge is -2.17. The average Bonchev–Trinajstić information content (AvgIpc) is 3.70. The molecule has 0 fully saturated rings. The normalized spacial score (nSPS) is 12.0. The number of pyridine rings is 2. The summed E-state index contributed by atoms with van der Waals surface area (Å²) in [4.78, 5) is 69.5. The number of fused-ring (bicyclic) bond motifs is 2. The first-order valence-electron chi connectivity index (χ1n) is 20.1. The molecule has 0 bridgehead atoms. The third-order valence-corrected chi connectivity index (χ3v) is 9.99. The van der Waals surface area contributed by atoms with E-state index in [1.807, 2.05) is 0 Å². The van der Waals surface area contributed by atoms with Crippen LogP contribution in [0.2, 0.25) is 0 Å². The van der Waals surface area contributed by atoms with Crippen LogP contribution in [0.15, 0.2) is 34.4 Å². The minimum absolute atomic E-state index is 0.0249. The summed E-state index contributed by atoms with van der Waals surface area (Å²) in [5.74, 6) is -3.99. The van der Waals surface area contributed by atoms with Gasteiger partial charge in [0.25, 0.3) is 24.0 Å². The Morgan fingerprint density at radius 3 is 1.56 bits per heavy atom.